The fraction of sp³-hybridized carbons (Fsp3) is 0.615. The Morgan fingerprint density at radius 2 is 2.18 bits per heavy atom. The average molecular weight is 237 g/mol. The minimum atomic E-state index is -0.0633. The number of carbonyl (C=O) groups excluding carboxylic acids is 1. The van der Waals surface area contributed by atoms with Gasteiger partial charge in [0.2, 0.25) is 0 Å². The number of aliphatic hydroxyl groups is 1. The van der Waals surface area contributed by atoms with Crippen LogP contribution < -0.4 is 4.90 Å². The second kappa shape index (κ2) is 5.36. The normalized spacial score (nSPS) is 16.4. The molecule has 0 aromatic carbocycles. The molecular formula is C13H19NO3. The summed E-state index contributed by atoms with van der Waals surface area (Å²) in [5, 5.41) is 9.12. The number of carbonyl (C=O) groups is 1. The first-order chi connectivity index (χ1) is 8.22. The summed E-state index contributed by atoms with van der Waals surface area (Å²) in [6.07, 6.45) is 4.73. The monoisotopic (exact) mass is 237 g/mol. The van der Waals surface area contributed by atoms with Gasteiger partial charge in [-0.05, 0) is 18.9 Å². The van der Waals surface area contributed by atoms with E-state index in [1.165, 1.54) is 19.8 Å². The van der Waals surface area contributed by atoms with Gasteiger partial charge in [0.05, 0.1) is 6.61 Å². The van der Waals surface area contributed by atoms with Gasteiger partial charge in [0.15, 0.2) is 17.4 Å². The van der Waals surface area contributed by atoms with E-state index in [4.69, 9.17) is 9.52 Å². The summed E-state index contributed by atoms with van der Waals surface area (Å²) in [6.45, 7) is 2.16. The van der Waals surface area contributed by atoms with Crippen LogP contribution in [0.25, 0.3) is 0 Å². The molecule has 0 aliphatic heterocycles. The van der Waals surface area contributed by atoms with Gasteiger partial charge in [-0.15, -0.1) is 0 Å². The highest BCUT2D eigenvalue weighted by Crippen LogP contribution is 2.29. The van der Waals surface area contributed by atoms with Gasteiger partial charge >= 0.3 is 0 Å². The number of hydrogen-bond acceptors (Lipinski definition) is 4. The van der Waals surface area contributed by atoms with E-state index in [1.54, 1.807) is 6.07 Å². The van der Waals surface area contributed by atoms with Crippen molar-refractivity contribution < 1.29 is 14.3 Å². The Hall–Kier alpha value is -1.29. The van der Waals surface area contributed by atoms with Gasteiger partial charge in [-0.1, -0.05) is 12.8 Å². The number of aliphatic hydroxyl groups excluding tert-OH is 1. The number of anilines is 1. The van der Waals surface area contributed by atoms with E-state index in [1.807, 2.05) is 6.07 Å². The molecule has 0 atom stereocenters. The summed E-state index contributed by atoms with van der Waals surface area (Å²) < 4.78 is 5.54. The van der Waals surface area contributed by atoms with Crippen molar-refractivity contribution in [1.29, 1.82) is 0 Å². The van der Waals surface area contributed by atoms with E-state index in [2.05, 4.69) is 4.90 Å². The Morgan fingerprint density at radius 1 is 1.47 bits per heavy atom. The maximum Gasteiger partial charge on any atom is 0.196 e. The van der Waals surface area contributed by atoms with Crippen molar-refractivity contribution in [3.05, 3.63) is 17.9 Å². The fourth-order valence-corrected chi connectivity index (χ4v) is 2.47. The van der Waals surface area contributed by atoms with Gasteiger partial charge in [-0.2, -0.15) is 0 Å². The van der Waals surface area contributed by atoms with Crippen LogP contribution in [0.5, 0.6) is 0 Å². The summed E-state index contributed by atoms with van der Waals surface area (Å²) >= 11 is 0. The molecule has 0 amide bonds. The number of ketones is 1. The summed E-state index contributed by atoms with van der Waals surface area (Å²) in [5.74, 6) is 1.03. The molecule has 94 valence electrons. The van der Waals surface area contributed by atoms with Crippen LogP contribution in [0.2, 0.25) is 0 Å². The molecular weight excluding hydrogens is 218 g/mol. The summed E-state index contributed by atoms with van der Waals surface area (Å²) in [4.78, 5) is 13.3. The lowest BCUT2D eigenvalue weighted by Crippen LogP contribution is -2.35. The van der Waals surface area contributed by atoms with E-state index in [9.17, 15) is 4.79 Å². The maximum absolute atomic E-state index is 11.2. The molecule has 1 aliphatic rings. The SMILES string of the molecule is CC(=O)c1ccc(N(CCO)C2CCCC2)o1. The van der Waals surface area contributed by atoms with Gasteiger partial charge in [0.1, 0.15) is 0 Å². The molecule has 1 aromatic heterocycles. The first-order valence-electron chi connectivity index (χ1n) is 6.20. The quantitative estimate of drug-likeness (QED) is 0.798. The zero-order valence-corrected chi connectivity index (χ0v) is 10.2. The molecule has 1 heterocycles. The van der Waals surface area contributed by atoms with Crippen LogP contribution in [0.15, 0.2) is 16.5 Å². The lowest BCUT2D eigenvalue weighted by molar-refractivity contribution is 0.0987. The third kappa shape index (κ3) is 2.69. The molecule has 1 saturated carbocycles. The Balaban J connectivity index is 2.15. The summed E-state index contributed by atoms with van der Waals surface area (Å²) in [5.41, 5.74) is 0. The molecule has 2 rings (SSSR count). The highest BCUT2D eigenvalue weighted by atomic mass is 16.4. The molecule has 0 radical (unpaired) electrons. The predicted molar refractivity (Wildman–Crippen MR) is 65.4 cm³/mol. The molecule has 0 bridgehead atoms. The van der Waals surface area contributed by atoms with Gasteiger partial charge in [0, 0.05) is 25.6 Å². The van der Waals surface area contributed by atoms with Crippen molar-refractivity contribution in [3.63, 3.8) is 0 Å². The van der Waals surface area contributed by atoms with Crippen molar-refractivity contribution >= 4 is 11.7 Å². The number of Topliss-reactive ketones (excluding diaryl/α,β-unsaturated/α-hetero) is 1. The molecule has 1 N–H and O–H groups in total. The van der Waals surface area contributed by atoms with Crippen molar-refractivity contribution in [1.82, 2.24) is 0 Å². The highest BCUT2D eigenvalue weighted by molar-refractivity contribution is 5.91. The van der Waals surface area contributed by atoms with E-state index in [0.29, 0.717) is 24.2 Å². The number of rotatable bonds is 5. The molecule has 0 saturated heterocycles. The molecule has 0 spiro atoms. The van der Waals surface area contributed by atoms with E-state index in [-0.39, 0.29) is 12.4 Å². The van der Waals surface area contributed by atoms with Crippen LogP contribution in [0, 0.1) is 0 Å². The Bertz CT molecular complexity index is 380. The first kappa shape index (κ1) is 12.2. The zero-order valence-electron chi connectivity index (χ0n) is 10.2. The van der Waals surface area contributed by atoms with Gasteiger partial charge in [0.25, 0.3) is 0 Å². The highest BCUT2D eigenvalue weighted by Gasteiger charge is 2.24. The Morgan fingerprint density at radius 3 is 2.71 bits per heavy atom. The minimum absolute atomic E-state index is 0.0633. The Labute approximate surface area is 101 Å². The van der Waals surface area contributed by atoms with E-state index < -0.39 is 0 Å². The number of hydrogen-bond donors (Lipinski definition) is 1. The van der Waals surface area contributed by atoms with Crippen molar-refractivity contribution in [3.8, 4) is 0 Å². The molecule has 1 fully saturated rings. The van der Waals surface area contributed by atoms with E-state index >= 15 is 0 Å². The lowest BCUT2D eigenvalue weighted by Gasteiger charge is -2.27. The Kier molecular flexibility index (Phi) is 3.84. The summed E-state index contributed by atoms with van der Waals surface area (Å²) in [7, 11) is 0. The topological polar surface area (TPSA) is 53.7 Å². The third-order valence-electron chi connectivity index (χ3n) is 3.33. The summed E-state index contributed by atoms with van der Waals surface area (Å²) in [6, 6.07) is 3.97. The second-order valence-electron chi connectivity index (χ2n) is 4.55. The fourth-order valence-electron chi connectivity index (χ4n) is 2.47. The number of nitrogens with zero attached hydrogens (tertiary/aromatic N) is 1. The molecule has 4 nitrogen and oxygen atoms in total. The van der Waals surface area contributed by atoms with Crippen LogP contribution >= 0.6 is 0 Å². The van der Waals surface area contributed by atoms with E-state index in [0.717, 1.165) is 12.8 Å². The van der Waals surface area contributed by atoms with Gasteiger partial charge in [-0.25, -0.2) is 0 Å². The zero-order chi connectivity index (χ0) is 12.3. The second-order valence-corrected chi connectivity index (χ2v) is 4.55. The predicted octanol–water partition coefficient (Wildman–Crippen LogP) is 2.22. The van der Waals surface area contributed by atoms with Crippen molar-refractivity contribution in [2.24, 2.45) is 0 Å². The van der Waals surface area contributed by atoms with Crippen LogP contribution in [-0.4, -0.2) is 30.1 Å². The third-order valence-corrected chi connectivity index (χ3v) is 3.33. The van der Waals surface area contributed by atoms with Gasteiger partial charge < -0.3 is 14.4 Å². The number of furan rings is 1. The molecule has 17 heavy (non-hydrogen) atoms. The largest absolute Gasteiger partial charge is 0.437 e. The lowest BCUT2D eigenvalue weighted by atomic mass is 10.2. The first-order valence-corrected chi connectivity index (χ1v) is 6.20. The molecule has 4 heteroatoms. The smallest absolute Gasteiger partial charge is 0.196 e. The van der Waals surface area contributed by atoms with Gasteiger partial charge in [-0.3, -0.25) is 4.79 Å². The minimum Gasteiger partial charge on any atom is -0.437 e. The van der Waals surface area contributed by atoms with Crippen molar-refractivity contribution in [2.75, 3.05) is 18.1 Å². The standard InChI is InChI=1S/C13H19NO3/c1-10(16)12-6-7-13(17-12)14(8-9-15)11-4-2-3-5-11/h6-7,11,15H,2-5,8-9H2,1H3. The molecule has 1 aromatic rings. The molecule has 0 unspecified atom stereocenters. The average Bonchev–Trinajstić information content (AvgIpc) is 2.97. The maximum atomic E-state index is 11.2. The van der Waals surface area contributed by atoms with Crippen LogP contribution in [0.4, 0.5) is 5.88 Å². The van der Waals surface area contributed by atoms with Crippen molar-refractivity contribution in [2.45, 2.75) is 38.6 Å². The van der Waals surface area contributed by atoms with Crippen LogP contribution in [-0.2, 0) is 0 Å². The van der Waals surface area contributed by atoms with Crippen LogP contribution in [0.1, 0.15) is 43.2 Å². The molecule has 1 aliphatic carbocycles. The van der Waals surface area contributed by atoms with Crippen LogP contribution in [0.3, 0.4) is 0 Å².